The summed E-state index contributed by atoms with van der Waals surface area (Å²) in [4.78, 5) is 29.9. The number of carbonyl (C=O) groups is 2. The van der Waals surface area contributed by atoms with Gasteiger partial charge in [-0.25, -0.2) is 14.7 Å². The number of aryl methyl sites for hydroxylation is 1. The van der Waals surface area contributed by atoms with E-state index in [9.17, 15) is 14.0 Å². The van der Waals surface area contributed by atoms with E-state index in [0.717, 1.165) is 24.8 Å². The second kappa shape index (κ2) is 8.75. The molecule has 0 spiro atoms. The Balaban J connectivity index is 1.67. The molecule has 6 nitrogen and oxygen atoms in total. The third-order valence-corrected chi connectivity index (χ3v) is 4.29. The molecule has 1 unspecified atom stereocenters. The number of carbonyl (C=O) groups excluding carboxylic acids is 2. The maximum absolute atomic E-state index is 13.8. The zero-order chi connectivity index (χ0) is 19.2. The summed E-state index contributed by atoms with van der Waals surface area (Å²) in [6.07, 6.45) is 2.24. The number of rotatable bonds is 5. The summed E-state index contributed by atoms with van der Waals surface area (Å²) in [5.41, 5.74) is 3.78. The Labute approximate surface area is 156 Å². The Hall–Kier alpha value is -2.77. The molecule has 0 aliphatic carbocycles. The average Bonchev–Trinajstić information content (AvgIpc) is 2.69. The normalized spacial score (nSPS) is 16.6. The lowest BCUT2D eigenvalue weighted by atomic mass is 10.1. The van der Waals surface area contributed by atoms with E-state index >= 15 is 0 Å². The lowest BCUT2D eigenvalue weighted by Gasteiger charge is -2.22. The first kappa shape index (κ1) is 19.0. The predicted molar refractivity (Wildman–Crippen MR) is 97.7 cm³/mol. The van der Waals surface area contributed by atoms with E-state index in [-0.39, 0.29) is 5.56 Å². The van der Waals surface area contributed by atoms with Crippen LogP contribution in [0.4, 0.5) is 10.1 Å². The summed E-state index contributed by atoms with van der Waals surface area (Å²) in [7, 11) is 0. The van der Waals surface area contributed by atoms with Gasteiger partial charge in [0.25, 0.3) is 11.8 Å². The molecule has 2 aromatic rings. The number of ether oxygens (including phenoxy) is 1. The van der Waals surface area contributed by atoms with Gasteiger partial charge in [0.1, 0.15) is 5.82 Å². The van der Waals surface area contributed by atoms with Crippen molar-refractivity contribution in [3.05, 3.63) is 65.0 Å². The highest BCUT2D eigenvalue weighted by Crippen LogP contribution is 2.19. The Bertz CT molecular complexity index is 834. The molecule has 1 heterocycles. The molecule has 2 N–H and O–H groups in total. The molecule has 7 heteroatoms. The van der Waals surface area contributed by atoms with E-state index in [1.165, 1.54) is 24.3 Å². The SMILES string of the molecule is Cc1ccc(C(=O)NOC2CCCCO2)cc1NC(=O)c1ccccc1F. The van der Waals surface area contributed by atoms with Crippen LogP contribution in [-0.2, 0) is 9.57 Å². The van der Waals surface area contributed by atoms with Crippen LogP contribution in [0, 0.1) is 12.7 Å². The van der Waals surface area contributed by atoms with Gasteiger partial charge in [-0.3, -0.25) is 9.59 Å². The predicted octanol–water partition coefficient (Wildman–Crippen LogP) is 3.57. The van der Waals surface area contributed by atoms with Gasteiger partial charge in [-0.15, -0.1) is 0 Å². The molecule has 3 rings (SSSR count). The lowest BCUT2D eigenvalue weighted by Crippen LogP contribution is -2.33. The highest BCUT2D eigenvalue weighted by molar-refractivity contribution is 6.05. The molecule has 0 aromatic heterocycles. The van der Waals surface area contributed by atoms with E-state index in [4.69, 9.17) is 9.57 Å². The topological polar surface area (TPSA) is 76.7 Å². The highest BCUT2D eigenvalue weighted by Gasteiger charge is 2.17. The van der Waals surface area contributed by atoms with Gasteiger partial charge in [0.05, 0.1) is 5.56 Å². The third kappa shape index (κ3) is 4.90. The molecule has 0 bridgehead atoms. The summed E-state index contributed by atoms with van der Waals surface area (Å²) >= 11 is 0. The number of hydroxylamine groups is 1. The molecule has 0 radical (unpaired) electrons. The minimum absolute atomic E-state index is 0.0652. The van der Waals surface area contributed by atoms with Gasteiger partial charge in [-0.2, -0.15) is 0 Å². The number of nitrogens with one attached hydrogen (secondary N) is 2. The van der Waals surface area contributed by atoms with Crippen molar-refractivity contribution >= 4 is 17.5 Å². The lowest BCUT2D eigenvalue weighted by molar-refractivity contribution is -0.186. The quantitative estimate of drug-likeness (QED) is 0.787. The van der Waals surface area contributed by atoms with Crippen LogP contribution >= 0.6 is 0 Å². The molecule has 1 aliphatic heterocycles. The van der Waals surface area contributed by atoms with E-state index in [1.807, 2.05) is 0 Å². The first-order valence-corrected chi connectivity index (χ1v) is 8.79. The fourth-order valence-electron chi connectivity index (χ4n) is 2.72. The Morgan fingerprint density at radius 2 is 1.96 bits per heavy atom. The number of amides is 2. The second-order valence-corrected chi connectivity index (χ2v) is 6.31. The van der Waals surface area contributed by atoms with Crippen molar-refractivity contribution in [2.75, 3.05) is 11.9 Å². The minimum Gasteiger partial charge on any atom is -0.350 e. The van der Waals surface area contributed by atoms with Crippen LogP contribution < -0.4 is 10.8 Å². The van der Waals surface area contributed by atoms with Crippen LogP contribution in [0.15, 0.2) is 42.5 Å². The van der Waals surface area contributed by atoms with Crippen molar-refractivity contribution in [2.24, 2.45) is 0 Å². The standard InChI is InChI=1S/C20H21FN2O4/c1-13-9-10-14(19(24)23-27-18-8-4-5-11-26-18)12-17(13)22-20(25)15-6-2-3-7-16(15)21/h2-3,6-7,9-10,12,18H,4-5,8,11H2,1H3,(H,22,25)(H,23,24). The maximum Gasteiger partial charge on any atom is 0.275 e. The van der Waals surface area contributed by atoms with Crippen molar-refractivity contribution in [1.82, 2.24) is 5.48 Å². The fourth-order valence-corrected chi connectivity index (χ4v) is 2.72. The molecule has 142 valence electrons. The molecular weight excluding hydrogens is 351 g/mol. The highest BCUT2D eigenvalue weighted by atomic mass is 19.1. The molecule has 27 heavy (non-hydrogen) atoms. The number of hydrogen-bond donors (Lipinski definition) is 2. The summed E-state index contributed by atoms with van der Waals surface area (Å²) in [5, 5.41) is 2.64. The first-order valence-electron chi connectivity index (χ1n) is 8.79. The average molecular weight is 372 g/mol. The van der Waals surface area contributed by atoms with Gasteiger partial charge in [0.2, 0.25) is 0 Å². The number of hydrogen-bond acceptors (Lipinski definition) is 4. The Kier molecular flexibility index (Phi) is 6.16. The van der Waals surface area contributed by atoms with Crippen molar-refractivity contribution in [3.8, 4) is 0 Å². The molecule has 1 saturated heterocycles. The van der Waals surface area contributed by atoms with Crippen molar-refractivity contribution in [3.63, 3.8) is 0 Å². The minimum atomic E-state index is -0.609. The van der Waals surface area contributed by atoms with Gasteiger partial charge >= 0.3 is 0 Å². The molecule has 1 fully saturated rings. The summed E-state index contributed by atoms with van der Waals surface area (Å²) in [5.74, 6) is -1.64. The molecule has 2 amide bonds. The molecular formula is C20H21FN2O4. The van der Waals surface area contributed by atoms with Crippen LogP contribution in [-0.4, -0.2) is 24.7 Å². The molecule has 1 atom stereocenters. The fraction of sp³-hybridized carbons (Fsp3) is 0.300. The van der Waals surface area contributed by atoms with E-state index in [2.05, 4.69) is 10.8 Å². The van der Waals surface area contributed by atoms with Crippen LogP contribution in [0.25, 0.3) is 0 Å². The maximum atomic E-state index is 13.8. The number of anilines is 1. The van der Waals surface area contributed by atoms with Crippen LogP contribution in [0.5, 0.6) is 0 Å². The smallest absolute Gasteiger partial charge is 0.275 e. The molecule has 2 aromatic carbocycles. The zero-order valence-electron chi connectivity index (χ0n) is 15.0. The summed E-state index contributed by atoms with van der Waals surface area (Å²) in [6.45, 7) is 2.39. The molecule has 0 saturated carbocycles. The van der Waals surface area contributed by atoms with Crippen molar-refractivity contribution in [2.45, 2.75) is 32.5 Å². The summed E-state index contributed by atoms with van der Waals surface area (Å²) < 4.78 is 19.2. The zero-order valence-corrected chi connectivity index (χ0v) is 15.0. The van der Waals surface area contributed by atoms with Gasteiger partial charge in [-0.05, 0) is 49.6 Å². The summed E-state index contributed by atoms with van der Waals surface area (Å²) in [6, 6.07) is 10.6. The van der Waals surface area contributed by atoms with E-state index in [1.54, 1.807) is 25.1 Å². The second-order valence-electron chi connectivity index (χ2n) is 6.31. The van der Waals surface area contributed by atoms with Crippen LogP contribution in [0.3, 0.4) is 0 Å². The van der Waals surface area contributed by atoms with Crippen molar-refractivity contribution < 1.29 is 23.6 Å². The Morgan fingerprint density at radius 1 is 1.15 bits per heavy atom. The largest absolute Gasteiger partial charge is 0.350 e. The van der Waals surface area contributed by atoms with Crippen LogP contribution in [0.1, 0.15) is 45.5 Å². The van der Waals surface area contributed by atoms with E-state index in [0.29, 0.717) is 17.9 Å². The number of benzene rings is 2. The van der Waals surface area contributed by atoms with Gasteiger partial charge in [0.15, 0.2) is 6.29 Å². The monoisotopic (exact) mass is 372 g/mol. The van der Waals surface area contributed by atoms with Crippen LogP contribution in [0.2, 0.25) is 0 Å². The van der Waals surface area contributed by atoms with Gasteiger partial charge < -0.3 is 10.1 Å². The van der Waals surface area contributed by atoms with Gasteiger partial charge in [-0.1, -0.05) is 18.2 Å². The van der Waals surface area contributed by atoms with Gasteiger partial charge in [0, 0.05) is 24.3 Å². The first-order chi connectivity index (χ1) is 13.0. The third-order valence-electron chi connectivity index (χ3n) is 4.29. The van der Waals surface area contributed by atoms with E-state index < -0.39 is 23.9 Å². The Morgan fingerprint density at radius 3 is 2.70 bits per heavy atom. The number of halogens is 1. The molecule has 1 aliphatic rings. The van der Waals surface area contributed by atoms with Crippen molar-refractivity contribution in [1.29, 1.82) is 0 Å².